The number of hydrogen-bond acceptors (Lipinski definition) is 6. The summed E-state index contributed by atoms with van der Waals surface area (Å²) in [4.78, 5) is 0. The van der Waals surface area contributed by atoms with Crippen molar-refractivity contribution in [2.75, 3.05) is 11.5 Å². The Labute approximate surface area is 149 Å². The van der Waals surface area contributed by atoms with Crippen molar-refractivity contribution < 1.29 is 8.42 Å². The number of hydrogen-bond donors (Lipinski definition) is 1. The van der Waals surface area contributed by atoms with E-state index in [0.717, 1.165) is 57.2 Å². The molecular formula is C17H29N5O2S. The largest absolute Gasteiger partial charge is 0.301 e. The Morgan fingerprint density at radius 1 is 1.00 bits per heavy atom. The van der Waals surface area contributed by atoms with Crippen LogP contribution >= 0.6 is 0 Å². The molecule has 2 aliphatic carbocycles. The number of nitrogens with one attached hydrogen (secondary N) is 1. The van der Waals surface area contributed by atoms with E-state index in [1.807, 2.05) is 4.68 Å². The molecule has 0 aromatic carbocycles. The van der Waals surface area contributed by atoms with Gasteiger partial charge in [0, 0.05) is 6.04 Å². The van der Waals surface area contributed by atoms with E-state index in [4.69, 9.17) is 0 Å². The maximum absolute atomic E-state index is 12.1. The van der Waals surface area contributed by atoms with Gasteiger partial charge in [0.25, 0.3) is 0 Å². The Balaban J connectivity index is 1.64. The molecule has 1 aromatic heterocycles. The van der Waals surface area contributed by atoms with Crippen molar-refractivity contribution in [1.82, 2.24) is 25.5 Å². The predicted molar refractivity (Wildman–Crippen MR) is 94.9 cm³/mol. The molecule has 8 heteroatoms. The highest BCUT2D eigenvalue weighted by Gasteiger charge is 2.42. The third kappa shape index (κ3) is 3.60. The zero-order chi connectivity index (χ0) is 17.3. The summed E-state index contributed by atoms with van der Waals surface area (Å²) in [6.45, 7) is 0. The number of nitrogens with zero attached hydrogens (tertiary/aromatic N) is 4. The van der Waals surface area contributed by atoms with Crippen LogP contribution in [0.15, 0.2) is 0 Å². The molecular weight excluding hydrogens is 338 g/mol. The van der Waals surface area contributed by atoms with Gasteiger partial charge >= 0.3 is 0 Å². The first-order chi connectivity index (χ1) is 12.1. The summed E-state index contributed by atoms with van der Waals surface area (Å²) in [5.41, 5.74) is -0.271. The first-order valence-corrected chi connectivity index (χ1v) is 11.7. The molecule has 3 aliphatic rings. The van der Waals surface area contributed by atoms with E-state index in [2.05, 4.69) is 20.8 Å². The smallest absolute Gasteiger partial charge is 0.171 e. The standard InChI is InChI=1S/C17H29N5O2S/c23-25(24)12-6-7-14(13-25)18-17(10-3-1-2-4-11-17)16-19-20-21-22(16)15-8-5-9-15/h14-15,18H,1-13H2. The van der Waals surface area contributed by atoms with Gasteiger partial charge in [0.1, 0.15) is 0 Å². The molecule has 2 saturated carbocycles. The van der Waals surface area contributed by atoms with Crippen molar-refractivity contribution in [3.8, 4) is 0 Å². The second-order valence-electron chi connectivity index (χ2n) is 8.13. The van der Waals surface area contributed by atoms with Crippen LogP contribution in [0.25, 0.3) is 0 Å². The van der Waals surface area contributed by atoms with E-state index in [1.54, 1.807) is 0 Å². The van der Waals surface area contributed by atoms with E-state index in [9.17, 15) is 8.42 Å². The third-order valence-corrected chi connectivity index (χ3v) is 8.06. The Morgan fingerprint density at radius 2 is 1.76 bits per heavy atom. The summed E-state index contributed by atoms with van der Waals surface area (Å²) in [6.07, 6.45) is 12.0. The third-order valence-electron chi connectivity index (χ3n) is 6.24. The lowest BCUT2D eigenvalue weighted by Gasteiger charge is -2.39. The highest BCUT2D eigenvalue weighted by Crippen LogP contribution is 2.39. The molecule has 3 fully saturated rings. The fourth-order valence-electron chi connectivity index (χ4n) is 4.68. The van der Waals surface area contributed by atoms with Gasteiger partial charge in [-0.1, -0.05) is 25.7 Å². The Bertz CT molecular complexity index is 690. The summed E-state index contributed by atoms with van der Waals surface area (Å²) in [6, 6.07) is 0.436. The van der Waals surface area contributed by atoms with Gasteiger partial charge in [-0.25, -0.2) is 13.1 Å². The summed E-state index contributed by atoms with van der Waals surface area (Å²) >= 11 is 0. The molecule has 2 heterocycles. The van der Waals surface area contributed by atoms with Crippen LogP contribution in [0.3, 0.4) is 0 Å². The van der Waals surface area contributed by atoms with Crippen LogP contribution in [0.5, 0.6) is 0 Å². The number of sulfone groups is 1. The fourth-order valence-corrected chi connectivity index (χ4v) is 6.31. The number of aromatic nitrogens is 4. The topological polar surface area (TPSA) is 89.8 Å². The van der Waals surface area contributed by atoms with Crippen LogP contribution in [0.4, 0.5) is 0 Å². The van der Waals surface area contributed by atoms with E-state index >= 15 is 0 Å². The molecule has 1 unspecified atom stereocenters. The van der Waals surface area contributed by atoms with Crippen molar-refractivity contribution in [1.29, 1.82) is 0 Å². The van der Waals surface area contributed by atoms with Gasteiger partial charge in [0.2, 0.25) is 0 Å². The van der Waals surface area contributed by atoms with Crippen LogP contribution in [-0.4, -0.2) is 46.2 Å². The molecule has 1 aliphatic heterocycles. The molecule has 0 bridgehead atoms. The predicted octanol–water partition coefficient (Wildman–Crippen LogP) is 2.11. The van der Waals surface area contributed by atoms with Gasteiger partial charge in [0.05, 0.1) is 23.1 Å². The minimum Gasteiger partial charge on any atom is -0.301 e. The normalized spacial score (nSPS) is 29.7. The zero-order valence-electron chi connectivity index (χ0n) is 14.9. The summed E-state index contributed by atoms with van der Waals surface area (Å²) in [7, 11) is -2.93. The lowest BCUT2D eigenvalue weighted by molar-refractivity contribution is 0.200. The zero-order valence-corrected chi connectivity index (χ0v) is 15.7. The Hall–Kier alpha value is -1.02. The van der Waals surface area contributed by atoms with Crippen molar-refractivity contribution >= 4 is 9.84 Å². The van der Waals surface area contributed by atoms with Crippen LogP contribution in [0, 0.1) is 0 Å². The number of tetrazole rings is 1. The van der Waals surface area contributed by atoms with Crippen LogP contribution < -0.4 is 5.32 Å². The van der Waals surface area contributed by atoms with E-state index in [1.165, 1.54) is 19.3 Å². The van der Waals surface area contributed by atoms with Gasteiger partial charge < -0.3 is 5.32 Å². The minimum atomic E-state index is -2.93. The quantitative estimate of drug-likeness (QED) is 0.820. The molecule has 0 amide bonds. The SMILES string of the molecule is O=S1(=O)CCCC(NC2(c3nnnn3C3CCC3)CCCCCC2)C1. The highest BCUT2D eigenvalue weighted by atomic mass is 32.2. The molecule has 1 saturated heterocycles. The molecule has 1 atom stereocenters. The lowest BCUT2D eigenvalue weighted by atomic mass is 9.86. The summed E-state index contributed by atoms with van der Waals surface area (Å²) < 4.78 is 26.3. The second kappa shape index (κ2) is 6.95. The van der Waals surface area contributed by atoms with Crippen molar-refractivity contribution in [2.45, 2.75) is 88.3 Å². The first kappa shape index (κ1) is 17.4. The van der Waals surface area contributed by atoms with Crippen LogP contribution in [0.2, 0.25) is 0 Å². The van der Waals surface area contributed by atoms with Gasteiger partial charge in [0.15, 0.2) is 15.7 Å². The monoisotopic (exact) mass is 367 g/mol. The molecule has 25 heavy (non-hydrogen) atoms. The molecule has 4 rings (SSSR count). The van der Waals surface area contributed by atoms with Gasteiger partial charge in [-0.3, -0.25) is 0 Å². The summed E-state index contributed by atoms with van der Waals surface area (Å²) in [5, 5.41) is 16.5. The van der Waals surface area contributed by atoms with Gasteiger partial charge in [-0.2, -0.15) is 0 Å². The molecule has 1 N–H and O–H groups in total. The maximum atomic E-state index is 12.1. The molecule has 1 aromatic rings. The molecule has 140 valence electrons. The Morgan fingerprint density at radius 3 is 2.40 bits per heavy atom. The second-order valence-corrected chi connectivity index (χ2v) is 10.4. The molecule has 0 spiro atoms. The van der Waals surface area contributed by atoms with Crippen LogP contribution in [-0.2, 0) is 15.4 Å². The van der Waals surface area contributed by atoms with Crippen molar-refractivity contribution in [3.63, 3.8) is 0 Å². The Kier molecular flexibility index (Phi) is 4.83. The van der Waals surface area contributed by atoms with Gasteiger partial charge in [-0.05, 0) is 55.4 Å². The average Bonchev–Trinajstić information content (AvgIpc) is 2.85. The van der Waals surface area contributed by atoms with E-state index in [0.29, 0.717) is 11.8 Å². The van der Waals surface area contributed by atoms with Crippen molar-refractivity contribution in [3.05, 3.63) is 5.82 Å². The van der Waals surface area contributed by atoms with E-state index < -0.39 is 9.84 Å². The highest BCUT2D eigenvalue weighted by molar-refractivity contribution is 7.91. The van der Waals surface area contributed by atoms with Crippen molar-refractivity contribution in [2.24, 2.45) is 0 Å². The van der Waals surface area contributed by atoms with Gasteiger partial charge in [-0.15, -0.1) is 5.10 Å². The number of rotatable bonds is 4. The first-order valence-electron chi connectivity index (χ1n) is 9.84. The van der Waals surface area contributed by atoms with E-state index in [-0.39, 0.29) is 17.3 Å². The molecule has 7 nitrogen and oxygen atoms in total. The maximum Gasteiger partial charge on any atom is 0.171 e. The fraction of sp³-hybridized carbons (Fsp3) is 0.941. The molecule has 0 radical (unpaired) electrons. The lowest BCUT2D eigenvalue weighted by Crippen LogP contribution is -2.53. The minimum absolute atomic E-state index is 0.0170. The summed E-state index contributed by atoms with van der Waals surface area (Å²) in [5.74, 6) is 1.53. The average molecular weight is 368 g/mol. The van der Waals surface area contributed by atoms with Crippen LogP contribution in [0.1, 0.15) is 82.5 Å².